The van der Waals surface area contributed by atoms with E-state index < -0.39 is 0 Å². The zero-order valence-corrected chi connectivity index (χ0v) is 28.4. The zero-order chi connectivity index (χ0) is 34.4. The number of anilines is 3. The maximum Gasteiger partial charge on any atom is 0.136 e. The van der Waals surface area contributed by atoms with E-state index in [-0.39, 0.29) is 0 Å². The molecule has 0 bridgehead atoms. The van der Waals surface area contributed by atoms with Crippen LogP contribution in [-0.2, 0) is 0 Å². The standard InChI is InChI=1S/C50H33NO/c1-3-12-34(13-4-1)39-17-11-18-42(32-39)51(50-43-19-8-7-16-37(43)26-30-44(50)36-14-5-2-6-15-36)41-28-24-35(25-29-41)40-23-22-38-27-31-48-49(46(38)33-40)45-20-9-10-21-47(45)52-48/h1-33H. The third-order valence-electron chi connectivity index (χ3n) is 10.2. The van der Waals surface area contributed by atoms with Crippen LogP contribution in [0.25, 0.3) is 76.9 Å². The van der Waals surface area contributed by atoms with E-state index in [1.807, 2.05) is 12.1 Å². The molecule has 0 fully saturated rings. The van der Waals surface area contributed by atoms with E-state index in [1.54, 1.807) is 0 Å². The third-order valence-corrected chi connectivity index (χ3v) is 10.2. The highest BCUT2D eigenvalue weighted by Crippen LogP contribution is 2.46. The van der Waals surface area contributed by atoms with Gasteiger partial charge in [0, 0.05) is 33.1 Å². The van der Waals surface area contributed by atoms with Crippen LogP contribution in [0.1, 0.15) is 0 Å². The number of rotatable bonds is 6. The van der Waals surface area contributed by atoms with E-state index in [4.69, 9.17) is 4.42 Å². The predicted molar refractivity (Wildman–Crippen MR) is 220 cm³/mol. The van der Waals surface area contributed by atoms with Gasteiger partial charge >= 0.3 is 0 Å². The van der Waals surface area contributed by atoms with Gasteiger partial charge in [0.25, 0.3) is 0 Å². The Hall–Kier alpha value is -6.90. The molecule has 0 saturated heterocycles. The molecule has 1 aromatic heterocycles. The van der Waals surface area contributed by atoms with Gasteiger partial charge in [-0.25, -0.2) is 0 Å². The zero-order valence-electron chi connectivity index (χ0n) is 28.4. The monoisotopic (exact) mass is 663 g/mol. The topological polar surface area (TPSA) is 16.4 Å². The molecule has 0 spiro atoms. The Morgan fingerprint density at radius 3 is 1.75 bits per heavy atom. The summed E-state index contributed by atoms with van der Waals surface area (Å²) in [5.41, 5.74) is 12.2. The highest BCUT2D eigenvalue weighted by atomic mass is 16.3. The fourth-order valence-electron chi connectivity index (χ4n) is 7.73. The minimum atomic E-state index is 0.916. The van der Waals surface area contributed by atoms with Crippen molar-refractivity contribution < 1.29 is 4.42 Å². The van der Waals surface area contributed by atoms with Gasteiger partial charge in [-0.1, -0.05) is 158 Å². The quantitative estimate of drug-likeness (QED) is 0.176. The first kappa shape index (κ1) is 30.0. The van der Waals surface area contributed by atoms with Gasteiger partial charge in [0.15, 0.2) is 0 Å². The summed E-state index contributed by atoms with van der Waals surface area (Å²) in [5, 5.41) is 7.12. The average molecular weight is 664 g/mol. The van der Waals surface area contributed by atoms with E-state index in [2.05, 4.69) is 193 Å². The summed E-state index contributed by atoms with van der Waals surface area (Å²) in [4.78, 5) is 2.43. The van der Waals surface area contributed by atoms with E-state index in [0.29, 0.717) is 0 Å². The van der Waals surface area contributed by atoms with Crippen LogP contribution >= 0.6 is 0 Å². The molecular weight excluding hydrogens is 631 g/mol. The largest absolute Gasteiger partial charge is 0.456 e. The molecule has 0 saturated carbocycles. The minimum absolute atomic E-state index is 0.916. The summed E-state index contributed by atoms with van der Waals surface area (Å²) < 4.78 is 6.24. The average Bonchev–Trinajstić information content (AvgIpc) is 3.61. The Morgan fingerprint density at radius 1 is 0.327 bits per heavy atom. The molecule has 0 N–H and O–H groups in total. The van der Waals surface area contributed by atoms with Crippen LogP contribution < -0.4 is 4.90 Å². The first-order chi connectivity index (χ1) is 25.8. The minimum Gasteiger partial charge on any atom is -0.456 e. The Balaban J connectivity index is 1.16. The lowest BCUT2D eigenvalue weighted by atomic mass is 9.95. The van der Waals surface area contributed by atoms with E-state index in [1.165, 1.54) is 54.7 Å². The van der Waals surface area contributed by atoms with Gasteiger partial charge in [0.05, 0.1) is 5.69 Å². The Labute approximate surface area is 302 Å². The summed E-state index contributed by atoms with van der Waals surface area (Å²) in [6.45, 7) is 0. The van der Waals surface area contributed by atoms with Crippen LogP contribution in [0.3, 0.4) is 0 Å². The fourth-order valence-corrected chi connectivity index (χ4v) is 7.73. The van der Waals surface area contributed by atoms with Gasteiger partial charge in [-0.2, -0.15) is 0 Å². The van der Waals surface area contributed by atoms with Crippen molar-refractivity contribution in [3.8, 4) is 33.4 Å². The molecule has 9 aromatic carbocycles. The third kappa shape index (κ3) is 5.12. The van der Waals surface area contributed by atoms with Gasteiger partial charge in [-0.05, 0) is 86.4 Å². The highest BCUT2D eigenvalue weighted by Gasteiger charge is 2.21. The number of para-hydroxylation sites is 1. The molecule has 1 heterocycles. The van der Waals surface area contributed by atoms with Crippen molar-refractivity contribution in [3.63, 3.8) is 0 Å². The molecule has 0 unspecified atom stereocenters. The normalized spacial score (nSPS) is 11.5. The molecular formula is C50H33NO. The van der Waals surface area contributed by atoms with Crippen LogP contribution in [-0.4, -0.2) is 0 Å². The number of furan rings is 1. The van der Waals surface area contributed by atoms with Crippen molar-refractivity contribution in [2.24, 2.45) is 0 Å². The number of hydrogen-bond donors (Lipinski definition) is 0. The van der Waals surface area contributed by atoms with Crippen molar-refractivity contribution >= 4 is 60.5 Å². The van der Waals surface area contributed by atoms with Crippen molar-refractivity contribution in [1.29, 1.82) is 0 Å². The Kier molecular flexibility index (Phi) is 7.18. The van der Waals surface area contributed by atoms with E-state index in [0.717, 1.165) is 39.2 Å². The smallest absolute Gasteiger partial charge is 0.136 e. The molecule has 2 nitrogen and oxygen atoms in total. The van der Waals surface area contributed by atoms with Crippen LogP contribution in [0, 0.1) is 0 Å². The second-order valence-electron chi connectivity index (χ2n) is 13.3. The lowest BCUT2D eigenvalue weighted by Gasteiger charge is -2.30. The highest BCUT2D eigenvalue weighted by molar-refractivity contribution is 6.19. The summed E-state index contributed by atoms with van der Waals surface area (Å²) in [6.07, 6.45) is 0. The van der Waals surface area contributed by atoms with Crippen LogP contribution in [0.2, 0.25) is 0 Å². The van der Waals surface area contributed by atoms with Gasteiger partial charge in [-0.3, -0.25) is 0 Å². The molecule has 0 atom stereocenters. The SMILES string of the molecule is c1ccc(-c2cccc(N(c3ccc(-c4ccc5ccc6oc7ccccc7c6c5c4)cc3)c3c(-c4ccccc4)ccc4ccccc34)c2)cc1. The van der Waals surface area contributed by atoms with E-state index in [9.17, 15) is 0 Å². The molecule has 10 aromatic rings. The summed E-state index contributed by atoms with van der Waals surface area (Å²) >= 11 is 0. The molecule has 10 rings (SSSR count). The molecule has 0 amide bonds. The van der Waals surface area contributed by atoms with Crippen LogP contribution in [0.15, 0.2) is 205 Å². The van der Waals surface area contributed by atoms with Crippen molar-refractivity contribution in [3.05, 3.63) is 200 Å². The predicted octanol–water partition coefficient (Wildman–Crippen LogP) is 14.4. The molecule has 0 radical (unpaired) electrons. The lowest BCUT2D eigenvalue weighted by Crippen LogP contribution is -2.12. The summed E-state index contributed by atoms with van der Waals surface area (Å²) in [6, 6.07) is 71.8. The molecule has 0 aliphatic rings. The fraction of sp³-hybridized carbons (Fsp3) is 0. The first-order valence-corrected chi connectivity index (χ1v) is 17.8. The maximum atomic E-state index is 6.24. The number of fused-ring (bicyclic) bond motifs is 6. The van der Waals surface area contributed by atoms with Gasteiger partial charge < -0.3 is 9.32 Å². The Morgan fingerprint density at radius 2 is 0.923 bits per heavy atom. The summed E-state index contributed by atoms with van der Waals surface area (Å²) in [7, 11) is 0. The van der Waals surface area contributed by atoms with Crippen molar-refractivity contribution in [2.75, 3.05) is 4.90 Å². The second kappa shape index (κ2) is 12.5. The first-order valence-electron chi connectivity index (χ1n) is 17.8. The molecule has 0 aliphatic heterocycles. The van der Waals surface area contributed by atoms with Crippen molar-refractivity contribution in [1.82, 2.24) is 0 Å². The van der Waals surface area contributed by atoms with E-state index >= 15 is 0 Å². The molecule has 52 heavy (non-hydrogen) atoms. The Bertz CT molecular complexity index is 2890. The van der Waals surface area contributed by atoms with Crippen LogP contribution in [0.5, 0.6) is 0 Å². The lowest BCUT2D eigenvalue weighted by molar-refractivity contribution is 0.669. The van der Waals surface area contributed by atoms with Gasteiger partial charge in [0.2, 0.25) is 0 Å². The molecule has 2 heteroatoms. The van der Waals surface area contributed by atoms with Crippen LogP contribution in [0.4, 0.5) is 17.1 Å². The number of hydrogen-bond acceptors (Lipinski definition) is 2. The van der Waals surface area contributed by atoms with Gasteiger partial charge in [0.1, 0.15) is 11.2 Å². The maximum absolute atomic E-state index is 6.24. The summed E-state index contributed by atoms with van der Waals surface area (Å²) in [5.74, 6) is 0. The molecule has 244 valence electrons. The number of nitrogens with zero attached hydrogens (tertiary/aromatic N) is 1. The second-order valence-corrected chi connectivity index (χ2v) is 13.3. The van der Waals surface area contributed by atoms with Crippen molar-refractivity contribution in [2.45, 2.75) is 0 Å². The molecule has 0 aliphatic carbocycles. The van der Waals surface area contributed by atoms with Gasteiger partial charge in [-0.15, -0.1) is 0 Å². The number of benzene rings is 9.